The molecule has 0 aliphatic heterocycles. The van der Waals surface area contributed by atoms with Crippen LogP contribution < -0.4 is 10.1 Å². The van der Waals surface area contributed by atoms with Gasteiger partial charge in [-0.15, -0.1) is 0 Å². The van der Waals surface area contributed by atoms with Crippen molar-refractivity contribution in [1.29, 1.82) is 0 Å². The molecule has 0 amide bonds. The second-order valence-electron chi connectivity index (χ2n) is 5.67. The Balaban J connectivity index is 1.99. The van der Waals surface area contributed by atoms with E-state index in [1.165, 1.54) is 13.2 Å². The van der Waals surface area contributed by atoms with E-state index in [-0.39, 0.29) is 18.2 Å². The zero-order chi connectivity index (χ0) is 17.4. The van der Waals surface area contributed by atoms with Crippen molar-refractivity contribution in [3.05, 3.63) is 65.5 Å². The summed E-state index contributed by atoms with van der Waals surface area (Å²) in [6.45, 7) is 0.470. The normalized spacial score (nSPS) is 11.9. The molecule has 0 bridgehead atoms. The molecule has 2 aromatic carbocycles. The molecule has 1 atom stereocenters. The van der Waals surface area contributed by atoms with E-state index >= 15 is 0 Å². The maximum Gasteiger partial charge on any atom is 0.303 e. The molecular weight excluding hydrogens is 309 g/mol. The lowest BCUT2D eigenvalue weighted by atomic mass is 10.0. The molecule has 128 valence electrons. The van der Waals surface area contributed by atoms with Gasteiger partial charge in [-0.05, 0) is 36.1 Å². The van der Waals surface area contributed by atoms with Crippen molar-refractivity contribution in [2.75, 3.05) is 7.11 Å². The molecule has 2 aromatic rings. The number of carboxylic acid groups (broad SMARTS) is 1. The average Bonchev–Trinajstić information content (AvgIpc) is 2.58. The first kappa shape index (κ1) is 17.9. The minimum absolute atomic E-state index is 0.00802. The third-order valence-corrected chi connectivity index (χ3v) is 3.84. The highest BCUT2D eigenvalue weighted by molar-refractivity contribution is 5.66. The number of hydrogen-bond donors (Lipinski definition) is 2. The number of carboxylic acids is 1. The fraction of sp³-hybridized carbons (Fsp3) is 0.316. The van der Waals surface area contributed by atoms with Crippen molar-refractivity contribution in [1.82, 2.24) is 5.32 Å². The number of benzene rings is 2. The van der Waals surface area contributed by atoms with Crippen LogP contribution in [0.2, 0.25) is 0 Å². The fourth-order valence-corrected chi connectivity index (χ4v) is 2.55. The Bertz CT molecular complexity index is 661. The van der Waals surface area contributed by atoms with Crippen LogP contribution in [0.1, 0.15) is 24.0 Å². The number of methoxy groups -OCH3 is 1. The molecule has 0 aromatic heterocycles. The summed E-state index contributed by atoms with van der Waals surface area (Å²) in [5.41, 5.74) is 1.93. The van der Waals surface area contributed by atoms with Crippen molar-refractivity contribution in [3.63, 3.8) is 0 Å². The van der Waals surface area contributed by atoms with Gasteiger partial charge < -0.3 is 15.2 Å². The molecule has 0 saturated heterocycles. The van der Waals surface area contributed by atoms with E-state index in [1.54, 1.807) is 12.1 Å². The predicted octanol–water partition coefficient (Wildman–Crippen LogP) is 3.40. The van der Waals surface area contributed by atoms with Crippen molar-refractivity contribution in [2.45, 2.75) is 31.8 Å². The fourth-order valence-electron chi connectivity index (χ4n) is 2.55. The molecule has 5 heteroatoms. The van der Waals surface area contributed by atoms with Gasteiger partial charge in [-0.3, -0.25) is 4.79 Å². The van der Waals surface area contributed by atoms with Crippen LogP contribution in [-0.4, -0.2) is 24.2 Å². The number of halogens is 1. The summed E-state index contributed by atoms with van der Waals surface area (Å²) in [6.07, 6.45) is 1.34. The van der Waals surface area contributed by atoms with Crippen molar-refractivity contribution in [3.8, 4) is 5.75 Å². The van der Waals surface area contributed by atoms with Gasteiger partial charge in [0.25, 0.3) is 0 Å². The second-order valence-corrected chi connectivity index (χ2v) is 5.67. The first-order chi connectivity index (χ1) is 11.6. The lowest BCUT2D eigenvalue weighted by Crippen LogP contribution is -2.31. The van der Waals surface area contributed by atoms with Crippen LogP contribution in [0.15, 0.2) is 48.5 Å². The van der Waals surface area contributed by atoms with Crippen molar-refractivity contribution < 1.29 is 19.0 Å². The zero-order valence-corrected chi connectivity index (χ0v) is 13.7. The molecule has 2 rings (SSSR count). The van der Waals surface area contributed by atoms with Gasteiger partial charge in [0.2, 0.25) is 0 Å². The lowest BCUT2D eigenvalue weighted by Gasteiger charge is -2.18. The largest absolute Gasteiger partial charge is 0.494 e. The first-order valence-electron chi connectivity index (χ1n) is 7.90. The molecular formula is C19H22FNO3. The Kier molecular flexibility index (Phi) is 6.75. The van der Waals surface area contributed by atoms with Gasteiger partial charge in [0.1, 0.15) is 0 Å². The molecule has 2 N–H and O–H groups in total. The summed E-state index contributed by atoms with van der Waals surface area (Å²) >= 11 is 0. The Hall–Kier alpha value is -2.40. The van der Waals surface area contributed by atoms with Crippen LogP contribution in [0.3, 0.4) is 0 Å². The van der Waals surface area contributed by atoms with Crippen LogP contribution >= 0.6 is 0 Å². The van der Waals surface area contributed by atoms with Gasteiger partial charge in [-0.25, -0.2) is 4.39 Å². The maximum atomic E-state index is 13.7. The molecule has 0 saturated carbocycles. The van der Waals surface area contributed by atoms with E-state index in [9.17, 15) is 9.18 Å². The van der Waals surface area contributed by atoms with E-state index < -0.39 is 11.8 Å². The summed E-state index contributed by atoms with van der Waals surface area (Å²) in [5, 5.41) is 12.3. The maximum absolute atomic E-state index is 13.7. The van der Waals surface area contributed by atoms with Gasteiger partial charge in [-0.1, -0.05) is 36.4 Å². The van der Waals surface area contributed by atoms with Crippen LogP contribution in [-0.2, 0) is 17.8 Å². The molecule has 1 unspecified atom stereocenters. The van der Waals surface area contributed by atoms with E-state index in [4.69, 9.17) is 9.84 Å². The summed E-state index contributed by atoms with van der Waals surface area (Å²) in [4.78, 5) is 10.9. The molecule has 0 radical (unpaired) electrons. The number of ether oxygens (including phenoxy) is 1. The highest BCUT2D eigenvalue weighted by Crippen LogP contribution is 2.18. The summed E-state index contributed by atoms with van der Waals surface area (Å²) in [7, 11) is 1.43. The minimum Gasteiger partial charge on any atom is -0.494 e. The van der Waals surface area contributed by atoms with Crippen molar-refractivity contribution in [2.24, 2.45) is 0 Å². The number of hydrogen-bond acceptors (Lipinski definition) is 3. The molecule has 4 nitrogen and oxygen atoms in total. The summed E-state index contributed by atoms with van der Waals surface area (Å²) < 4.78 is 18.7. The molecule has 0 fully saturated rings. The highest BCUT2D eigenvalue weighted by atomic mass is 19.1. The highest BCUT2D eigenvalue weighted by Gasteiger charge is 2.12. The van der Waals surface area contributed by atoms with Gasteiger partial charge in [0.15, 0.2) is 11.6 Å². The number of aliphatic carboxylic acids is 1. The third-order valence-electron chi connectivity index (χ3n) is 3.84. The standard InChI is InChI=1S/C19H22FNO3/c1-24-18-9-7-15(12-17(18)20)13-21-16(8-10-19(22)23)11-14-5-3-2-4-6-14/h2-7,9,12,16,21H,8,10-11,13H2,1H3,(H,22,23). The minimum atomic E-state index is -0.814. The quantitative estimate of drug-likeness (QED) is 0.739. The first-order valence-corrected chi connectivity index (χ1v) is 7.90. The van der Waals surface area contributed by atoms with E-state index in [2.05, 4.69) is 5.32 Å². The zero-order valence-electron chi connectivity index (χ0n) is 13.7. The third kappa shape index (κ3) is 5.66. The topological polar surface area (TPSA) is 58.6 Å². The Morgan fingerprint density at radius 3 is 2.58 bits per heavy atom. The van der Waals surface area contributed by atoms with Crippen LogP contribution in [0.5, 0.6) is 5.75 Å². The van der Waals surface area contributed by atoms with E-state index in [1.807, 2.05) is 30.3 Å². The summed E-state index contributed by atoms with van der Waals surface area (Å²) in [5.74, 6) is -1.00. The predicted molar refractivity (Wildman–Crippen MR) is 90.6 cm³/mol. The number of rotatable bonds is 9. The van der Waals surface area contributed by atoms with Gasteiger partial charge in [0, 0.05) is 19.0 Å². The lowest BCUT2D eigenvalue weighted by molar-refractivity contribution is -0.137. The number of nitrogens with one attached hydrogen (secondary N) is 1. The Morgan fingerprint density at radius 2 is 1.96 bits per heavy atom. The van der Waals surface area contributed by atoms with E-state index in [0.717, 1.165) is 17.5 Å². The van der Waals surface area contributed by atoms with Crippen LogP contribution in [0.25, 0.3) is 0 Å². The molecule has 0 spiro atoms. The van der Waals surface area contributed by atoms with Gasteiger partial charge >= 0.3 is 5.97 Å². The van der Waals surface area contributed by atoms with E-state index in [0.29, 0.717) is 13.0 Å². The molecule has 0 aliphatic carbocycles. The average molecular weight is 331 g/mol. The van der Waals surface area contributed by atoms with Gasteiger partial charge in [0.05, 0.1) is 7.11 Å². The SMILES string of the molecule is COc1ccc(CNC(CCC(=O)O)Cc2ccccc2)cc1F. The smallest absolute Gasteiger partial charge is 0.303 e. The number of carbonyl (C=O) groups is 1. The monoisotopic (exact) mass is 331 g/mol. The van der Waals surface area contributed by atoms with Crippen molar-refractivity contribution >= 4 is 5.97 Å². The van der Waals surface area contributed by atoms with Crippen LogP contribution in [0, 0.1) is 5.82 Å². The second kappa shape index (κ2) is 9.03. The van der Waals surface area contributed by atoms with Gasteiger partial charge in [-0.2, -0.15) is 0 Å². The summed E-state index contributed by atoms with van der Waals surface area (Å²) in [6, 6.07) is 14.7. The Morgan fingerprint density at radius 1 is 1.21 bits per heavy atom. The molecule has 0 heterocycles. The Labute approximate surface area is 141 Å². The van der Waals surface area contributed by atoms with Crippen LogP contribution in [0.4, 0.5) is 4.39 Å². The molecule has 24 heavy (non-hydrogen) atoms. The molecule has 0 aliphatic rings.